The minimum Gasteiger partial charge on any atom is -0.490 e. The first kappa shape index (κ1) is 31.6. The number of aliphatic hydroxyl groups is 1. The first-order valence-corrected chi connectivity index (χ1v) is 15.4. The zero-order valence-electron chi connectivity index (χ0n) is 24.9. The molecule has 2 unspecified atom stereocenters. The number of halogens is 3. The van der Waals surface area contributed by atoms with Gasteiger partial charge in [0, 0.05) is 11.1 Å². The van der Waals surface area contributed by atoms with Crippen LogP contribution in [0.5, 0.6) is 5.75 Å². The zero-order chi connectivity index (χ0) is 29.9. The average molecular weight is 577 g/mol. The van der Waals surface area contributed by atoms with E-state index >= 15 is 4.39 Å². The Hall–Kier alpha value is -3.31. The van der Waals surface area contributed by atoms with Gasteiger partial charge < -0.3 is 9.84 Å². The fraction of sp³-hybridized carbons (Fsp3) is 0.405. The minimum absolute atomic E-state index is 0.106. The highest BCUT2D eigenvalue weighted by atomic mass is 19.2. The van der Waals surface area contributed by atoms with E-state index in [0.717, 1.165) is 43.2 Å². The van der Waals surface area contributed by atoms with Crippen molar-refractivity contribution in [2.75, 3.05) is 6.61 Å². The fourth-order valence-corrected chi connectivity index (χ4v) is 5.71. The maximum absolute atomic E-state index is 15.3. The largest absolute Gasteiger partial charge is 0.490 e. The molecule has 0 saturated heterocycles. The second-order valence-electron chi connectivity index (χ2n) is 11.3. The average Bonchev–Trinajstić information content (AvgIpc) is 3.01. The third-order valence-corrected chi connectivity index (χ3v) is 8.27. The summed E-state index contributed by atoms with van der Waals surface area (Å²) in [7, 11) is 0. The van der Waals surface area contributed by atoms with Crippen molar-refractivity contribution in [3.8, 4) is 28.0 Å². The summed E-state index contributed by atoms with van der Waals surface area (Å²) in [5.41, 5.74) is 3.77. The van der Waals surface area contributed by atoms with Gasteiger partial charge in [-0.2, -0.15) is 4.39 Å². The molecule has 2 nitrogen and oxygen atoms in total. The summed E-state index contributed by atoms with van der Waals surface area (Å²) in [6.07, 6.45) is 15.4. The van der Waals surface area contributed by atoms with Crippen molar-refractivity contribution in [3.05, 3.63) is 95.8 Å². The van der Waals surface area contributed by atoms with Crippen LogP contribution >= 0.6 is 0 Å². The van der Waals surface area contributed by atoms with Crippen LogP contribution in [0.2, 0.25) is 0 Å². The highest BCUT2D eigenvalue weighted by Crippen LogP contribution is 2.36. The lowest BCUT2D eigenvalue weighted by molar-refractivity contribution is 0.0913. The summed E-state index contributed by atoms with van der Waals surface area (Å²) in [5, 5.41) is 10.6. The summed E-state index contributed by atoms with van der Waals surface area (Å²) in [6, 6.07) is 15.2. The van der Waals surface area contributed by atoms with Gasteiger partial charge in [0.25, 0.3) is 0 Å². The number of hydrogen-bond donors (Lipinski definition) is 1. The van der Waals surface area contributed by atoms with Crippen molar-refractivity contribution < 1.29 is 23.0 Å². The molecular formula is C37H43F3O2. The van der Waals surface area contributed by atoms with Gasteiger partial charge in [0.2, 0.25) is 5.82 Å². The lowest BCUT2D eigenvalue weighted by Gasteiger charge is -2.27. The molecule has 42 heavy (non-hydrogen) atoms. The SMILES string of the molecule is C/C=C\CCOc1ccc(-c2ccc(-c3ccc(C4=CCC(C(O)CCCCCCC)CC4)c(F)c3)cc2)c(F)c1F. The number of rotatable bonds is 14. The van der Waals surface area contributed by atoms with E-state index < -0.39 is 11.6 Å². The molecule has 224 valence electrons. The quantitative estimate of drug-likeness (QED) is 0.153. The van der Waals surface area contributed by atoms with Crippen molar-refractivity contribution in [2.24, 2.45) is 5.92 Å². The van der Waals surface area contributed by atoms with Gasteiger partial charge in [-0.25, -0.2) is 8.78 Å². The molecule has 3 aromatic carbocycles. The third kappa shape index (κ3) is 8.16. The van der Waals surface area contributed by atoms with E-state index in [0.29, 0.717) is 23.1 Å². The number of unbranched alkanes of at least 4 members (excludes halogenated alkanes) is 4. The molecule has 0 amide bonds. The smallest absolute Gasteiger partial charge is 0.201 e. The van der Waals surface area contributed by atoms with E-state index in [-0.39, 0.29) is 35.8 Å². The molecule has 0 heterocycles. The summed E-state index contributed by atoms with van der Waals surface area (Å²) in [4.78, 5) is 0. The van der Waals surface area contributed by atoms with Crippen LogP contribution in [0.3, 0.4) is 0 Å². The normalized spacial score (nSPS) is 16.0. The fourth-order valence-electron chi connectivity index (χ4n) is 5.71. The molecule has 1 N–H and O–H groups in total. The van der Waals surface area contributed by atoms with Crippen LogP contribution in [0.15, 0.2) is 72.8 Å². The summed E-state index contributed by atoms with van der Waals surface area (Å²) in [5.74, 6) is -2.11. The Morgan fingerprint density at radius 1 is 0.881 bits per heavy atom. The Balaban J connectivity index is 1.38. The molecule has 0 saturated carbocycles. The number of benzene rings is 3. The monoisotopic (exact) mass is 576 g/mol. The Labute approximate surface area is 248 Å². The van der Waals surface area contributed by atoms with E-state index in [1.54, 1.807) is 24.3 Å². The Morgan fingerprint density at radius 3 is 2.29 bits per heavy atom. The van der Waals surface area contributed by atoms with Crippen molar-refractivity contribution in [1.29, 1.82) is 0 Å². The second kappa shape index (κ2) is 15.8. The van der Waals surface area contributed by atoms with Crippen molar-refractivity contribution in [2.45, 2.75) is 84.2 Å². The van der Waals surface area contributed by atoms with Crippen LogP contribution in [0.1, 0.15) is 83.6 Å². The second-order valence-corrected chi connectivity index (χ2v) is 11.3. The molecule has 5 heteroatoms. The molecule has 0 fully saturated rings. The van der Waals surface area contributed by atoms with Crippen LogP contribution in [0, 0.1) is 23.4 Å². The van der Waals surface area contributed by atoms with Crippen LogP contribution in [0.4, 0.5) is 13.2 Å². The van der Waals surface area contributed by atoms with E-state index in [2.05, 4.69) is 13.0 Å². The van der Waals surface area contributed by atoms with Gasteiger partial charge in [0.1, 0.15) is 5.82 Å². The topological polar surface area (TPSA) is 29.5 Å². The van der Waals surface area contributed by atoms with E-state index in [1.165, 1.54) is 43.9 Å². The van der Waals surface area contributed by atoms with E-state index in [1.807, 2.05) is 31.2 Å². The minimum atomic E-state index is -1.00. The molecule has 0 aliphatic heterocycles. The molecule has 1 aliphatic carbocycles. The molecule has 2 atom stereocenters. The van der Waals surface area contributed by atoms with Gasteiger partial charge in [-0.15, -0.1) is 0 Å². The standard InChI is InChI=1S/C37H43F3O2/c1-3-5-7-8-9-11-34(41)29-18-16-27(17-19-29)31-21-20-30(25-33(31)38)26-12-14-28(15-13-26)32-22-23-35(37(40)36(32)39)42-24-10-6-4-2/h4,6,12-16,20-23,25,29,34,41H,3,5,7-11,17-19,24H2,1-2H3/b6-4-. The van der Waals surface area contributed by atoms with Crippen molar-refractivity contribution in [3.63, 3.8) is 0 Å². The van der Waals surface area contributed by atoms with Gasteiger partial charge in [-0.3, -0.25) is 0 Å². The predicted octanol–water partition coefficient (Wildman–Crippen LogP) is 10.7. The van der Waals surface area contributed by atoms with Crippen LogP contribution in [-0.4, -0.2) is 17.8 Å². The van der Waals surface area contributed by atoms with Crippen LogP contribution in [-0.2, 0) is 0 Å². The number of hydrogen-bond acceptors (Lipinski definition) is 2. The van der Waals surface area contributed by atoms with Crippen LogP contribution < -0.4 is 4.74 Å². The van der Waals surface area contributed by atoms with Gasteiger partial charge >= 0.3 is 0 Å². The molecule has 1 aliphatic rings. The van der Waals surface area contributed by atoms with Gasteiger partial charge in [-0.1, -0.05) is 93.7 Å². The summed E-state index contributed by atoms with van der Waals surface area (Å²) in [6.45, 7) is 4.36. The molecule has 0 bridgehead atoms. The maximum Gasteiger partial charge on any atom is 0.201 e. The lowest BCUT2D eigenvalue weighted by atomic mass is 9.82. The van der Waals surface area contributed by atoms with E-state index in [9.17, 15) is 13.9 Å². The number of allylic oxidation sites excluding steroid dienone is 3. The van der Waals surface area contributed by atoms with E-state index in [4.69, 9.17) is 4.74 Å². The van der Waals surface area contributed by atoms with Gasteiger partial charge in [0.15, 0.2) is 11.6 Å². The zero-order valence-corrected chi connectivity index (χ0v) is 24.9. The summed E-state index contributed by atoms with van der Waals surface area (Å²) < 4.78 is 50.1. The molecule has 0 spiro atoms. The molecule has 0 radical (unpaired) electrons. The molecule has 3 aromatic rings. The molecular weight excluding hydrogens is 533 g/mol. The maximum atomic E-state index is 15.3. The Kier molecular flexibility index (Phi) is 11.9. The van der Waals surface area contributed by atoms with Crippen molar-refractivity contribution in [1.82, 2.24) is 0 Å². The van der Waals surface area contributed by atoms with Crippen molar-refractivity contribution >= 4 is 5.57 Å². The first-order valence-electron chi connectivity index (χ1n) is 15.4. The predicted molar refractivity (Wildman–Crippen MR) is 167 cm³/mol. The highest BCUT2D eigenvalue weighted by Gasteiger charge is 2.23. The van der Waals surface area contributed by atoms with Crippen LogP contribution in [0.25, 0.3) is 27.8 Å². The molecule has 0 aromatic heterocycles. The Morgan fingerprint density at radius 2 is 1.60 bits per heavy atom. The Bertz CT molecular complexity index is 1360. The first-order chi connectivity index (χ1) is 20.4. The van der Waals surface area contributed by atoms with Gasteiger partial charge in [-0.05, 0) is 85.4 Å². The lowest BCUT2D eigenvalue weighted by Crippen LogP contribution is -2.22. The molecule has 4 rings (SSSR count). The number of aliphatic hydroxyl groups excluding tert-OH is 1. The van der Waals surface area contributed by atoms with Gasteiger partial charge in [0.05, 0.1) is 12.7 Å². The third-order valence-electron chi connectivity index (χ3n) is 8.27. The highest BCUT2D eigenvalue weighted by molar-refractivity contribution is 5.74. The number of ether oxygens (including phenoxy) is 1. The summed E-state index contributed by atoms with van der Waals surface area (Å²) >= 11 is 0.